The summed E-state index contributed by atoms with van der Waals surface area (Å²) in [6.45, 7) is 0.829. The lowest BCUT2D eigenvalue weighted by Gasteiger charge is -2.26. The fraction of sp³-hybridized carbons (Fsp3) is 0.333. The maximum atomic E-state index is 5.56. The van der Waals surface area contributed by atoms with E-state index in [1.165, 1.54) is 35.2 Å². The summed E-state index contributed by atoms with van der Waals surface area (Å²) in [4.78, 5) is 0. The van der Waals surface area contributed by atoms with Crippen LogP contribution in [0.5, 0.6) is 5.75 Å². The molecule has 0 aromatic heterocycles. The number of benzene rings is 2. The molecule has 0 amide bonds. The maximum Gasteiger partial charge on any atom is 0.122 e. The van der Waals surface area contributed by atoms with Gasteiger partial charge in [0.15, 0.2) is 0 Å². The number of hydrogen-bond donors (Lipinski definition) is 1. The fourth-order valence-corrected chi connectivity index (χ4v) is 3.33. The fourth-order valence-electron chi connectivity index (χ4n) is 3.33. The number of aryl methyl sites for hydroxylation is 1. The van der Waals surface area contributed by atoms with Gasteiger partial charge in [0.1, 0.15) is 5.75 Å². The minimum atomic E-state index is 0.547. The molecule has 0 spiro atoms. The Morgan fingerprint density at radius 3 is 2.80 bits per heavy atom. The van der Waals surface area contributed by atoms with E-state index < -0.39 is 0 Å². The van der Waals surface area contributed by atoms with Gasteiger partial charge in [0.25, 0.3) is 0 Å². The third-order valence-electron chi connectivity index (χ3n) is 4.41. The Bertz CT molecular complexity index is 635. The van der Waals surface area contributed by atoms with Crippen LogP contribution in [0.25, 0.3) is 0 Å². The van der Waals surface area contributed by atoms with Crippen molar-refractivity contribution in [3.63, 3.8) is 0 Å². The predicted molar refractivity (Wildman–Crippen MR) is 81.5 cm³/mol. The van der Waals surface area contributed by atoms with E-state index >= 15 is 0 Å². The summed E-state index contributed by atoms with van der Waals surface area (Å²) >= 11 is 0. The summed E-state index contributed by atoms with van der Waals surface area (Å²) in [6, 6.07) is 15.9. The van der Waals surface area contributed by atoms with Crippen LogP contribution in [-0.2, 0) is 19.3 Å². The molecule has 20 heavy (non-hydrogen) atoms. The van der Waals surface area contributed by atoms with Crippen molar-refractivity contribution in [1.29, 1.82) is 0 Å². The molecule has 1 atom stereocenters. The lowest BCUT2D eigenvalue weighted by molar-refractivity contribution is 0.357. The van der Waals surface area contributed by atoms with Crippen molar-refractivity contribution in [3.05, 3.63) is 59.2 Å². The Labute approximate surface area is 119 Å². The normalized spacial score (nSPS) is 19.9. The molecule has 0 saturated heterocycles. The standard InChI is InChI=1S/C18H19NO/c1-2-4-14-11-16(6-5-13(14)3-1)19-17-7-8-18-15(12-17)9-10-20-18/h1-4,7-8,12,16,19H,5-6,9-11H2. The number of fused-ring (bicyclic) bond motifs is 2. The molecule has 2 heteroatoms. The summed E-state index contributed by atoms with van der Waals surface area (Å²) in [7, 11) is 0. The molecule has 4 rings (SSSR count). The van der Waals surface area contributed by atoms with E-state index in [0.29, 0.717) is 6.04 Å². The summed E-state index contributed by atoms with van der Waals surface area (Å²) in [5.74, 6) is 1.06. The zero-order valence-electron chi connectivity index (χ0n) is 11.6. The Kier molecular flexibility index (Phi) is 2.87. The van der Waals surface area contributed by atoms with Crippen molar-refractivity contribution >= 4 is 5.69 Å². The minimum Gasteiger partial charge on any atom is -0.493 e. The van der Waals surface area contributed by atoms with Crippen molar-refractivity contribution in [2.45, 2.75) is 31.7 Å². The van der Waals surface area contributed by atoms with Gasteiger partial charge in [0, 0.05) is 18.2 Å². The number of hydrogen-bond acceptors (Lipinski definition) is 2. The summed E-state index contributed by atoms with van der Waals surface area (Å²) in [5.41, 5.74) is 5.60. The average molecular weight is 265 g/mol. The SMILES string of the molecule is c1ccc2c(c1)CCC(Nc1ccc3c(c1)CCO3)C2. The van der Waals surface area contributed by atoms with Crippen LogP contribution >= 0.6 is 0 Å². The molecule has 2 aromatic rings. The molecule has 0 saturated carbocycles. The van der Waals surface area contributed by atoms with Crippen LogP contribution in [0.3, 0.4) is 0 Å². The van der Waals surface area contributed by atoms with Gasteiger partial charge in [0.05, 0.1) is 6.61 Å². The van der Waals surface area contributed by atoms with Gasteiger partial charge in [-0.15, -0.1) is 0 Å². The van der Waals surface area contributed by atoms with Crippen molar-refractivity contribution in [2.75, 3.05) is 11.9 Å². The number of rotatable bonds is 2. The van der Waals surface area contributed by atoms with Crippen molar-refractivity contribution in [3.8, 4) is 5.75 Å². The molecule has 0 bridgehead atoms. The van der Waals surface area contributed by atoms with Gasteiger partial charge in [-0.25, -0.2) is 0 Å². The van der Waals surface area contributed by atoms with Gasteiger partial charge in [-0.2, -0.15) is 0 Å². The number of nitrogens with one attached hydrogen (secondary N) is 1. The lowest BCUT2D eigenvalue weighted by atomic mass is 9.88. The Morgan fingerprint density at radius 2 is 1.85 bits per heavy atom. The van der Waals surface area contributed by atoms with E-state index in [1.54, 1.807) is 0 Å². The molecule has 2 aromatic carbocycles. The molecule has 2 aliphatic rings. The second-order valence-electron chi connectivity index (χ2n) is 5.77. The third kappa shape index (κ3) is 2.15. The third-order valence-corrected chi connectivity index (χ3v) is 4.41. The molecule has 0 radical (unpaired) electrons. The van der Waals surface area contributed by atoms with Gasteiger partial charge in [-0.3, -0.25) is 0 Å². The highest BCUT2D eigenvalue weighted by molar-refractivity contribution is 5.53. The van der Waals surface area contributed by atoms with Gasteiger partial charge in [0.2, 0.25) is 0 Å². The first-order valence-corrected chi connectivity index (χ1v) is 7.47. The van der Waals surface area contributed by atoms with Gasteiger partial charge < -0.3 is 10.1 Å². The van der Waals surface area contributed by atoms with E-state index in [-0.39, 0.29) is 0 Å². The molecule has 1 aliphatic heterocycles. The minimum absolute atomic E-state index is 0.547. The van der Waals surface area contributed by atoms with Crippen LogP contribution in [0.2, 0.25) is 0 Å². The molecule has 1 heterocycles. The van der Waals surface area contributed by atoms with Crippen LogP contribution in [0, 0.1) is 0 Å². The maximum absolute atomic E-state index is 5.56. The van der Waals surface area contributed by atoms with E-state index in [9.17, 15) is 0 Å². The van der Waals surface area contributed by atoms with Gasteiger partial charge in [-0.1, -0.05) is 24.3 Å². The monoisotopic (exact) mass is 265 g/mol. The largest absolute Gasteiger partial charge is 0.493 e. The van der Waals surface area contributed by atoms with E-state index in [1.807, 2.05) is 0 Å². The second-order valence-corrected chi connectivity index (χ2v) is 5.77. The molecule has 1 N–H and O–H groups in total. The first-order valence-electron chi connectivity index (χ1n) is 7.47. The molecule has 102 valence electrons. The van der Waals surface area contributed by atoms with Gasteiger partial charge in [-0.05, 0) is 54.2 Å². The lowest BCUT2D eigenvalue weighted by Crippen LogP contribution is -2.27. The number of ether oxygens (including phenoxy) is 1. The van der Waals surface area contributed by atoms with Crippen LogP contribution in [0.1, 0.15) is 23.1 Å². The highest BCUT2D eigenvalue weighted by atomic mass is 16.5. The van der Waals surface area contributed by atoms with E-state index in [4.69, 9.17) is 4.74 Å². The highest BCUT2D eigenvalue weighted by Crippen LogP contribution is 2.29. The first-order chi connectivity index (χ1) is 9.88. The Hall–Kier alpha value is -1.96. The molecular weight excluding hydrogens is 246 g/mol. The number of anilines is 1. The Balaban J connectivity index is 1.50. The molecule has 1 unspecified atom stereocenters. The van der Waals surface area contributed by atoms with Gasteiger partial charge >= 0.3 is 0 Å². The van der Waals surface area contributed by atoms with E-state index in [2.05, 4.69) is 47.8 Å². The molecular formula is C18H19NO. The zero-order chi connectivity index (χ0) is 13.4. The summed E-state index contributed by atoms with van der Waals surface area (Å²) in [6.07, 6.45) is 4.56. The van der Waals surface area contributed by atoms with Crippen molar-refractivity contribution in [2.24, 2.45) is 0 Å². The van der Waals surface area contributed by atoms with Crippen molar-refractivity contribution in [1.82, 2.24) is 0 Å². The second kappa shape index (κ2) is 4.86. The van der Waals surface area contributed by atoms with Crippen LogP contribution in [0.15, 0.2) is 42.5 Å². The molecule has 1 aliphatic carbocycles. The van der Waals surface area contributed by atoms with Crippen LogP contribution < -0.4 is 10.1 Å². The topological polar surface area (TPSA) is 21.3 Å². The quantitative estimate of drug-likeness (QED) is 0.896. The van der Waals surface area contributed by atoms with Crippen LogP contribution in [0.4, 0.5) is 5.69 Å². The molecule has 0 fully saturated rings. The molecule has 2 nitrogen and oxygen atoms in total. The zero-order valence-corrected chi connectivity index (χ0v) is 11.6. The predicted octanol–water partition coefficient (Wildman–Crippen LogP) is 3.59. The van der Waals surface area contributed by atoms with E-state index in [0.717, 1.165) is 25.2 Å². The first kappa shape index (κ1) is 11.8. The Morgan fingerprint density at radius 1 is 0.950 bits per heavy atom. The summed E-state index contributed by atoms with van der Waals surface area (Å²) < 4.78 is 5.56. The van der Waals surface area contributed by atoms with Crippen molar-refractivity contribution < 1.29 is 4.74 Å². The summed E-state index contributed by atoms with van der Waals surface area (Å²) in [5, 5.41) is 3.70. The smallest absolute Gasteiger partial charge is 0.122 e. The highest BCUT2D eigenvalue weighted by Gasteiger charge is 2.19. The van der Waals surface area contributed by atoms with Crippen LogP contribution in [-0.4, -0.2) is 12.6 Å². The average Bonchev–Trinajstić information content (AvgIpc) is 2.95.